The Labute approximate surface area is 174 Å². The number of aromatic amines is 1. The number of ether oxygens (including phenoxy) is 3. The molecule has 0 radical (unpaired) electrons. The standard InChI is InChI=1S/C22H24N4O4/c1-28-16-9-7-15(8-10-16)23-22(27)24-21-19(13-4-5-13)25-26-20(21)14-6-11-17(29-2)18(12-14)30-3/h6-13H,4-5H2,1-3H3,(H,25,26)(H2,23,24,27). The van der Waals surface area contributed by atoms with Gasteiger partial charge in [0.1, 0.15) is 11.4 Å². The lowest BCUT2D eigenvalue weighted by molar-refractivity contribution is 0.262. The molecular weight excluding hydrogens is 384 g/mol. The van der Waals surface area contributed by atoms with Crippen molar-refractivity contribution in [2.75, 3.05) is 32.0 Å². The van der Waals surface area contributed by atoms with Gasteiger partial charge in [-0.05, 0) is 55.3 Å². The van der Waals surface area contributed by atoms with Gasteiger partial charge in [-0.15, -0.1) is 0 Å². The highest BCUT2D eigenvalue weighted by Gasteiger charge is 2.31. The Hall–Kier alpha value is -3.68. The summed E-state index contributed by atoms with van der Waals surface area (Å²) >= 11 is 0. The van der Waals surface area contributed by atoms with Crippen LogP contribution in [0, 0.1) is 0 Å². The summed E-state index contributed by atoms with van der Waals surface area (Å²) < 4.78 is 15.9. The zero-order valence-corrected chi connectivity index (χ0v) is 17.1. The molecule has 3 N–H and O–H groups in total. The van der Waals surface area contributed by atoms with Gasteiger partial charge in [-0.1, -0.05) is 0 Å². The fraction of sp³-hybridized carbons (Fsp3) is 0.273. The first-order chi connectivity index (χ1) is 14.6. The van der Waals surface area contributed by atoms with Gasteiger partial charge in [-0.3, -0.25) is 5.10 Å². The number of hydrogen-bond acceptors (Lipinski definition) is 5. The summed E-state index contributed by atoms with van der Waals surface area (Å²) in [7, 11) is 4.78. The molecule has 2 aromatic carbocycles. The van der Waals surface area contributed by atoms with Gasteiger partial charge in [-0.2, -0.15) is 5.10 Å². The fourth-order valence-corrected chi connectivity index (χ4v) is 3.29. The average molecular weight is 408 g/mol. The lowest BCUT2D eigenvalue weighted by atomic mass is 10.1. The summed E-state index contributed by atoms with van der Waals surface area (Å²) in [5.74, 6) is 2.33. The normalized spacial score (nSPS) is 12.9. The number of carbonyl (C=O) groups excluding carboxylic acids is 1. The van der Waals surface area contributed by atoms with Crippen LogP contribution in [-0.2, 0) is 0 Å². The van der Waals surface area contributed by atoms with Crippen molar-refractivity contribution in [2.24, 2.45) is 0 Å². The molecule has 0 atom stereocenters. The molecule has 1 aromatic heterocycles. The monoisotopic (exact) mass is 408 g/mol. The first-order valence-electron chi connectivity index (χ1n) is 9.65. The van der Waals surface area contributed by atoms with Crippen LogP contribution in [-0.4, -0.2) is 37.6 Å². The molecule has 30 heavy (non-hydrogen) atoms. The van der Waals surface area contributed by atoms with Crippen LogP contribution in [0.4, 0.5) is 16.2 Å². The molecule has 4 rings (SSSR count). The van der Waals surface area contributed by atoms with Gasteiger partial charge in [-0.25, -0.2) is 4.79 Å². The van der Waals surface area contributed by atoms with Crippen molar-refractivity contribution in [1.82, 2.24) is 10.2 Å². The van der Waals surface area contributed by atoms with Crippen LogP contribution in [0.1, 0.15) is 24.5 Å². The summed E-state index contributed by atoms with van der Waals surface area (Å²) in [6, 6.07) is 12.4. The van der Waals surface area contributed by atoms with Gasteiger partial charge in [0.05, 0.1) is 32.7 Å². The molecule has 1 fully saturated rings. The number of rotatable bonds is 7. The zero-order chi connectivity index (χ0) is 21.1. The summed E-state index contributed by atoms with van der Waals surface area (Å²) in [6.45, 7) is 0. The number of carbonyl (C=O) groups is 1. The number of hydrogen-bond donors (Lipinski definition) is 3. The van der Waals surface area contributed by atoms with E-state index >= 15 is 0 Å². The van der Waals surface area contributed by atoms with E-state index in [9.17, 15) is 4.79 Å². The van der Waals surface area contributed by atoms with Crippen molar-refractivity contribution >= 4 is 17.4 Å². The van der Waals surface area contributed by atoms with Crippen molar-refractivity contribution in [3.05, 3.63) is 48.2 Å². The van der Waals surface area contributed by atoms with Gasteiger partial charge >= 0.3 is 6.03 Å². The Kier molecular flexibility index (Phi) is 5.47. The minimum Gasteiger partial charge on any atom is -0.497 e. The van der Waals surface area contributed by atoms with Gasteiger partial charge in [0.2, 0.25) is 0 Å². The molecule has 0 spiro atoms. The predicted molar refractivity (Wildman–Crippen MR) is 115 cm³/mol. The molecule has 8 heteroatoms. The minimum atomic E-state index is -0.342. The average Bonchev–Trinajstić information content (AvgIpc) is 3.54. The molecule has 0 aliphatic heterocycles. The third kappa shape index (κ3) is 4.03. The van der Waals surface area contributed by atoms with E-state index in [1.165, 1.54) is 0 Å². The van der Waals surface area contributed by atoms with Crippen LogP contribution in [0.3, 0.4) is 0 Å². The summed E-state index contributed by atoms with van der Waals surface area (Å²) in [4.78, 5) is 12.7. The maximum absolute atomic E-state index is 12.7. The van der Waals surface area contributed by atoms with Crippen LogP contribution in [0.2, 0.25) is 0 Å². The fourth-order valence-electron chi connectivity index (χ4n) is 3.29. The van der Waals surface area contributed by atoms with E-state index in [-0.39, 0.29) is 6.03 Å². The Balaban J connectivity index is 1.60. The minimum absolute atomic E-state index is 0.342. The quantitative estimate of drug-likeness (QED) is 0.530. The van der Waals surface area contributed by atoms with E-state index in [0.717, 1.165) is 29.8 Å². The highest BCUT2D eigenvalue weighted by Crippen LogP contribution is 2.45. The van der Waals surface area contributed by atoms with Crippen LogP contribution in [0.15, 0.2) is 42.5 Å². The molecule has 3 aromatic rings. The van der Waals surface area contributed by atoms with Gasteiger partial charge in [0.15, 0.2) is 11.5 Å². The Bertz CT molecular complexity index is 1040. The molecule has 0 saturated heterocycles. The summed E-state index contributed by atoms with van der Waals surface area (Å²) in [6.07, 6.45) is 2.14. The predicted octanol–water partition coefficient (Wildman–Crippen LogP) is 4.62. The number of methoxy groups -OCH3 is 3. The van der Waals surface area contributed by atoms with Gasteiger partial charge in [0, 0.05) is 17.2 Å². The molecule has 0 bridgehead atoms. The molecule has 1 aliphatic carbocycles. The number of aromatic nitrogens is 2. The number of amides is 2. The maximum atomic E-state index is 12.7. The SMILES string of the molecule is COc1ccc(NC(=O)Nc2c(-c3ccc(OC)c(OC)c3)n[nH]c2C2CC2)cc1. The highest BCUT2D eigenvalue weighted by molar-refractivity contribution is 6.02. The number of nitrogens with one attached hydrogen (secondary N) is 3. The van der Waals surface area contributed by atoms with Crippen LogP contribution in [0.5, 0.6) is 17.2 Å². The number of anilines is 2. The molecule has 1 saturated carbocycles. The van der Waals surface area contributed by atoms with Crippen LogP contribution < -0.4 is 24.8 Å². The van der Waals surface area contributed by atoms with Gasteiger partial charge < -0.3 is 24.8 Å². The smallest absolute Gasteiger partial charge is 0.323 e. The summed E-state index contributed by atoms with van der Waals surface area (Å²) in [5.41, 5.74) is 3.75. The topological polar surface area (TPSA) is 97.5 Å². The zero-order valence-electron chi connectivity index (χ0n) is 17.1. The van der Waals surface area contributed by atoms with Crippen molar-refractivity contribution in [3.63, 3.8) is 0 Å². The van der Waals surface area contributed by atoms with Crippen LogP contribution >= 0.6 is 0 Å². The van der Waals surface area contributed by atoms with E-state index in [1.54, 1.807) is 45.6 Å². The Morgan fingerprint density at radius 2 is 1.70 bits per heavy atom. The molecule has 0 unspecified atom stereocenters. The van der Waals surface area contributed by atoms with Crippen molar-refractivity contribution in [2.45, 2.75) is 18.8 Å². The first-order valence-corrected chi connectivity index (χ1v) is 9.65. The van der Waals surface area contributed by atoms with Crippen molar-refractivity contribution in [3.8, 4) is 28.5 Å². The third-order valence-corrected chi connectivity index (χ3v) is 5.02. The molecule has 2 amide bonds. The Morgan fingerprint density at radius 1 is 0.967 bits per heavy atom. The van der Waals surface area contributed by atoms with E-state index in [4.69, 9.17) is 14.2 Å². The van der Waals surface area contributed by atoms with E-state index in [1.807, 2.05) is 18.2 Å². The third-order valence-electron chi connectivity index (χ3n) is 5.02. The number of H-pyrrole nitrogens is 1. The molecule has 1 aliphatic rings. The van der Waals surface area contributed by atoms with E-state index in [2.05, 4.69) is 20.8 Å². The first kappa shape index (κ1) is 19.6. The summed E-state index contributed by atoms with van der Waals surface area (Å²) in [5, 5.41) is 13.4. The largest absolute Gasteiger partial charge is 0.497 e. The molecular formula is C22H24N4O4. The van der Waals surface area contributed by atoms with Gasteiger partial charge in [0.25, 0.3) is 0 Å². The number of urea groups is 1. The second-order valence-electron chi connectivity index (χ2n) is 7.01. The Morgan fingerprint density at radius 3 is 2.33 bits per heavy atom. The second-order valence-corrected chi connectivity index (χ2v) is 7.01. The lowest BCUT2D eigenvalue weighted by Crippen LogP contribution is -2.20. The molecule has 1 heterocycles. The maximum Gasteiger partial charge on any atom is 0.323 e. The van der Waals surface area contributed by atoms with Crippen molar-refractivity contribution < 1.29 is 19.0 Å². The van der Waals surface area contributed by atoms with Crippen molar-refractivity contribution in [1.29, 1.82) is 0 Å². The highest BCUT2D eigenvalue weighted by atomic mass is 16.5. The molecule has 8 nitrogen and oxygen atoms in total. The lowest BCUT2D eigenvalue weighted by Gasteiger charge is -2.12. The number of nitrogens with zero attached hydrogens (tertiary/aromatic N) is 1. The molecule has 156 valence electrons. The van der Waals surface area contributed by atoms with Crippen LogP contribution in [0.25, 0.3) is 11.3 Å². The van der Waals surface area contributed by atoms with E-state index in [0.29, 0.717) is 34.5 Å². The second kappa shape index (κ2) is 8.36. The number of benzene rings is 2. The van der Waals surface area contributed by atoms with E-state index < -0.39 is 0 Å².